The fourth-order valence-electron chi connectivity index (χ4n) is 2.61. The van der Waals surface area contributed by atoms with E-state index in [1.165, 1.54) is 12.3 Å². The largest absolute Gasteiger partial charge is 0.467 e. The molecule has 0 aliphatic heterocycles. The number of nitrogens with zero attached hydrogens (tertiary/aromatic N) is 1. The summed E-state index contributed by atoms with van der Waals surface area (Å²) in [6.07, 6.45) is 1.27. The molecule has 0 radical (unpaired) electrons. The number of rotatable bonds is 6. The number of carbonyl (C=O) groups is 2. The van der Waals surface area contributed by atoms with Crippen molar-refractivity contribution in [2.24, 2.45) is 5.73 Å². The first-order valence-electron chi connectivity index (χ1n) is 7.76. The zero-order chi connectivity index (χ0) is 18.0. The van der Waals surface area contributed by atoms with Crippen molar-refractivity contribution < 1.29 is 18.4 Å². The lowest BCUT2D eigenvalue weighted by atomic mass is 10.1. The van der Waals surface area contributed by atoms with E-state index in [9.17, 15) is 9.59 Å². The Balaban J connectivity index is 1.82. The molecule has 2 aromatic heterocycles. The number of amides is 2. The molecule has 0 bridgehead atoms. The van der Waals surface area contributed by atoms with Gasteiger partial charge in [0.1, 0.15) is 17.6 Å². The van der Waals surface area contributed by atoms with E-state index in [2.05, 4.69) is 5.32 Å². The molecule has 0 atom stereocenters. The second-order valence-electron chi connectivity index (χ2n) is 5.99. The van der Waals surface area contributed by atoms with Crippen LogP contribution in [0.1, 0.15) is 32.2 Å². The third-order valence-corrected chi connectivity index (χ3v) is 3.74. The van der Waals surface area contributed by atoms with E-state index in [1.807, 2.05) is 43.3 Å². The van der Waals surface area contributed by atoms with Crippen LogP contribution in [0.2, 0.25) is 0 Å². The Hall–Kier alpha value is -3.06. The molecule has 130 valence electrons. The van der Waals surface area contributed by atoms with E-state index in [-0.39, 0.29) is 23.8 Å². The second kappa shape index (κ2) is 6.82. The zero-order valence-corrected chi connectivity index (χ0v) is 14.0. The summed E-state index contributed by atoms with van der Waals surface area (Å²) in [5, 5.41) is 3.66. The predicted molar refractivity (Wildman–Crippen MR) is 92.0 cm³/mol. The first-order chi connectivity index (χ1) is 12.0. The minimum Gasteiger partial charge on any atom is -0.467 e. The fourth-order valence-corrected chi connectivity index (χ4v) is 2.61. The van der Waals surface area contributed by atoms with Gasteiger partial charge in [0.05, 0.1) is 12.1 Å². The summed E-state index contributed by atoms with van der Waals surface area (Å²) in [4.78, 5) is 25.6. The molecule has 3 N–H and O–H groups in total. The third kappa shape index (κ3) is 3.56. The molecular formula is C18H19N3O4. The highest BCUT2D eigenvalue weighted by Crippen LogP contribution is 2.26. The first kappa shape index (κ1) is 16.8. The normalized spacial score (nSPS) is 11.2. The van der Waals surface area contributed by atoms with Crippen LogP contribution in [-0.4, -0.2) is 30.8 Å². The Labute approximate surface area is 144 Å². The monoisotopic (exact) mass is 341 g/mol. The number of primary amides is 1. The van der Waals surface area contributed by atoms with Gasteiger partial charge < -0.3 is 24.8 Å². The average Bonchev–Trinajstić information content (AvgIpc) is 3.18. The minimum absolute atomic E-state index is 0.130. The van der Waals surface area contributed by atoms with Gasteiger partial charge in [0.25, 0.3) is 11.8 Å². The third-order valence-electron chi connectivity index (χ3n) is 3.74. The van der Waals surface area contributed by atoms with Gasteiger partial charge in [-0.05, 0) is 26.2 Å². The number of hydrogen-bond donors (Lipinski definition) is 2. The van der Waals surface area contributed by atoms with Crippen LogP contribution < -0.4 is 11.1 Å². The lowest BCUT2D eigenvalue weighted by molar-refractivity contribution is 0.0919. The molecule has 0 fully saturated rings. The van der Waals surface area contributed by atoms with Crippen LogP contribution >= 0.6 is 0 Å². The number of nitrogens with one attached hydrogen (secondary N) is 1. The number of hydrogen-bond acceptors (Lipinski definition) is 5. The molecule has 7 heteroatoms. The van der Waals surface area contributed by atoms with Crippen LogP contribution in [0.15, 0.2) is 45.4 Å². The van der Waals surface area contributed by atoms with Crippen LogP contribution in [0.25, 0.3) is 11.0 Å². The second-order valence-corrected chi connectivity index (χ2v) is 5.99. The topological polar surface area (TPSA) is 102 Å². The van der Waals surface area contributed by atoms with Crippen molar-refractivity contribution in [3.63, 3.8) is 0 Å². The van der Waals surface area contributed by atoms with Crippen molar-refractivity contribution in [3.8, 4) is 0 Å². The number of carbonyl (C=O) groups excluding carboxylic acids is 2. The summed E-state index contributed by atoms with van der Waals surface area (Å²) in [5.41, 5.74) is 6.94. The van der Waals surface area contributed by atoms with Gasteiger partial charge in [0.15, 0.2) is 5.76 Å². The summed E-state index contributed by atoms with van der Waals surface area (Å²) < 4.78 is 11.0. The van der Waals surface area contributed by atoms with E-state index in [1.54, 1.807) is 0 Å². The lowest BCUT2D eigenvalue weighted by Gasteiger charge is -2.10. The molecule has 2 amide bonds. The van der Waals surface area contributed by atoms with Crippen molar-refractivity contribution in [3.05, 3.63) is 59.2 Å². The molecule has 0 spiro atoms. The van der Waals surface area contributed by atoms with E-state index in [0.29, 0.717) is 17.9 Å². The van der Waals surface area contributed by atoms with Crippen molar-refractivity contribution in [2.75, 3.05) is 14.1 Å². The Bertz CT molecular complexity index is 923. The van der Waals surface area contributed by atoms with E-state index < -0.39 is 5.91 Å². The molecule has 0 aliphatic rings. The van der Waals surface area contributed by atoms with Crippen LogP contribution in [0.4, 0.5) is 0 Å². The van der Waals surface area contributed by atoms with Crippen LogP contribution in [0.5, 0.6) is 0 Å². The summed E-state index contributed by atoms with van der Waals surface area (Å²) in [5.74, 6) is -0.207. The molecule has 0 aliphatic carbocycles. The molecular weight excluding hydrogens is 322 g/mol. The molecule has 3 aromatic rings. The molecule has 0 saturated heterocycles. The van der Waals surface area contributed by atoms with Crippen molar-refractivity contribution in [2.45, 2.75) is 13.1 Å². The Morgan fingerprint density at radius 2 is 2.00 bits per heavy atom. The number of nitrogens with two attached hydrogens (primary N) is 1. The maximum absolute atomic E-state index is 12.6. The highest BCUT2D eigenvalue weighted by atomic mass is 16.3. The first-order valence-corrected chi connectivity index (χ1v) is 7.76. The summed E-state index contributed by atoms with van der Waals surface area (Å²) in [6.45, 7) is 0.705. The maximum Gasteiger partial charge on any atom is 0.287 e. The highest BCUT2D eigenvalue weighted by molar-refractivity contribution is 5.99. The van der Waals surface area contributed by atoms with Gasteiger partial charge >= 0.3 is 0 Å². The summed E-state index contributed by atoms with van der Waals surface area (Å²) in [7, 11) is 3.86. The Morgan fingerprint density at radius 1 is 1.24 bits per heavy atom. The molecule has 25 heavy (non-hydrogen) atoms. The van der Waals surface area contributed by atoms with Crippen molar-refractivity contribution >= 4 is 22.8 Å². The average molecular weight is 341 g/mol. The van der Waals surface area contributed by atoms with Gasteiger partial charge in [-0.1, -0.05) is 18.2 Å². The summed E-state index contributed by atoms with van der Waals surface area (Å²) >= 11 is 0. The molecule has 0 saturated carbocycles. The molecule has 3 rings (SSSR count). The van der Waals surface area contributed by atoms with Gasteiger partial charge in [0, 0.05) is 17.5 Å². The fraction of sp³-hybridized carbons (Fsp3) is 0.222. The SMILES string of the molecule is CN(C)Cc1c(C(=O)NCc2cc(C(N)=O)co2)oc2ccccc12. The number of benzene rings is 1. The van der Waals surface area contributed by atoms with Crippen LogP contribution in [0, 0.1) is 0 Å². The molecule has 2 heterocycles. The standard InChI is InChI=1S/C18H19N3O4/c1-21(2)9-14-13-5-3-4-6-15(13)25-16(14)18(23)20-8-12-7-11(10-24-12)17(19)22/h3-7,10H,8-9H2,1-2H3,(H2,19,22)(H,20,23). The predicted octanol–water partition coefficient (Wildman–Crippen LogP) is 2.12. The molecule has 1 aromatic carbocycles. The minimum atomic E-state index is -0.577. The number of fused-ring (bicyclic) bond motifs is 1. The molecule has 7 nitrogen and oxygen atoms in total. The molecule has 0 unspecified atom stereocenters. The maximum atomic E-state index is 12.6. The van der Waals surface area contributed by atoms with Gasteiger partial charge in [-0.15, -0.1) is 0 Å². The van der Waals surface area contributed by atoms with E-state index in [4.69, 9.17) is 14.6 Å². The Kier molecular flexibility index (Phi) is 4.58. The lowest BCUT2D eigenvalue weighted by Crippen LogP contribution is -2.24. The van der Waals surface area contributed by atoms with E-state index >= 15 is 0 Å². The van der Waals surface area contributed by atoms with Crippen LogP contribution in [-0.2, 0) is 13.1 Å². The van der Waals surface area contributed by atoms with Gasteiger partial charge in [-0.25, -0.2) is 0 Å². The van der Waals surface area contributed by atoms with E-state index in [0.717, 1.165) is 10.9 Å². The van der Waals surface area contributed by atoms with Crippen molar-refractivity contribution in [1.82, 2.24) is 10.2 Å². The van der Waals surface area contributed by atoms with Gasteiger partial charge in [-0.2, -0.15) is 0 Å². The number of para-hydroxylation sites is 1. The smallest absolute Gasteiger partial charge is 0.287 e. The number of furan rings is 2. The summed E-state index contributed by atoms with van der Waals surface area (Å²) in [6, 6.07) is 9.03. The van der Waals surface area contributed by atoms with Crippen molar-refractivity contribution in [1.29, 1.82) is 0 Å². The quantitative estimate of drug-likeness (QED) is 0.715. The van der Waals surface area contributed by atoms with Crippen LogP contribution in [0.3, 0.4) is 0 Å². The zero-order valence-electron chi connectivity index (χ0n) is 14.0. The van der Waals surface area contributed by atoms with Gasteiger partial charge in [0.2, 0.25) is 0 Å². The Morgan fingerprint density at radius 3 is 2.68 bits per heavy atom. The van der Waals surface area contributed by atoms with Gasteiger partial charge in [-0.3, -0.25) is 9.59 Å². The highest BCUT2D eigenvalue weighted by Gasteiger charge is 2.21.